The third kappa shape index (κ3) is 3.38. The Morgan fingerprint density at radius 2 is 1.79 bits per heavy atom. The van der Waals surface area contributed by atoms with Gasteiger partial charge in [0.25, 0.3) is 5.91 Å². The maximum atomic E-state index is 12.7. The maximum absolute atomic E-state index is 12.7. The predicted octanol–water partition coefficient (Wildman–Crippen LogP) is 2.72. The molecule has 0 bridgehead atoms. The summed E-state index contributed by atoms with van der Waals surface area (Å²) in [6.45, 7) is 12.2. The Morgan fingerprint density at radius 3 is 2.21 bits per heavy atom. The van der Waals surface area contributed by atoms with Gasteiger partial charge in [-0.2, -0.15) is 0 Å². The van der Waals surface area contributed by atoms with E-state index < -0.39 is 8.07 Å². The van der Waals surface area contributed by atoms with E-state index in [1.54, 1.807) is 7.11 Å². The van der Waals surface area contributed by atoms with E-state index in [1.165, 1.54) is 5.19 Å². The van der Waals surface area contributed by atoms with Crippen molar-refractivity contribution >= 4 is 19.2 Å². The van der Waals surface area contributed by atoms with Crippen LogP contribution in [0.1, 0.15) is 24.2 Å². The van der Waals surface area contributed by atoms with Gasteiger partial charge in [0.15, 0.2) is 0 Å². The van der Waals surface area contributed by atoms with Crippen LogP contribution >= 0.6 is 0 Å². The van der Waals surface area contributed by atoms with Crippen molar-refractivity contribution in [2.45, 2.75) is 33.5 Å². The van der Waals surface area contributed by atoms with Crippen LogP contribution in [-0.4, -0.2) is 39.1 Å². The fourth-order valence-electron chi connectivity index (χ4n) is 2.22. The highest BCUT2D eigenvalue weighted by atomic mass is 28.3. The third-order valence-electron chi connectivity index (χ3n) is 3.32. The van der Waals surface area contributed by atoms with Crippen LogP contribution in [0.15, 0.2) is 18.2 Å². The highest BCUT2D eigenvalue weighted by Crippen LogP contribution is 2.21. The monoisotopic (exact) mass is 279 g/mol. The molecule has 0 atom stereocenters. The van der Waals surface area contributed by atoms with Gasteiger partial charge in [-0.3, -0.25) is 4.79 Å². The lowest BCUT2D eigenvalue weighted by molar-refractivity contribution is 0.0771. The summed E-state index contributed by atoms with van der Waals surface area (Å²) in [7, 11) is 0.0401. The van der Waals surface area contributed by atoms with E-state index in [9.17, 15) is 4.79 Å². The molecule has 0 aliphatic rings. The normalized spacial score (nSPS) is 11.3. The van der Waals surface area contributed by atoms with Gasteiger partial charge in [0, 0.05) is 13.1 Å². The van der Waals surface area contributed by atoms with Crippen LogP contribution in [0.4, 0.5) is 0 Å². The van der Waals surface area contributed by atoms with Gasteiger partial charge in [0.1, 0.15) is 5.75 Å². The van der Waals surface area contributed by atoms with Gasteiger partial charge in [0.05, 0.1) is 20.7 Å². The topological polar surface area (TPSA) is 29.5 Å². The summed E-state index contributed by atoms with van der Waals surface area (Å²) in [4.78, 5) is 14.6. The molecule has 0 heterocycles. The van der Waals surface area contributed by atoms with Gasteiger partial charge in [-0.15, -0.1) is 0 Å². The zero-order valence-electron chi connectivity index (χ0n) is 12.9. The Morgan fingerprint density at radius 1 is 1.21 bits per heavy atom. The quantitative estimate of drug-likeness (QED) is 0.776. The Bertz CT molecular complexity index is 448. The first kappa shape index (κ1) is 15.8. The van der Waals surface area contributed by atoms with Crippen molar-refractivity contribution in [2.75, 3.05) is 20.2 Å². The first-order valence-electron chi connectivity index (χ1n) is 6.83. The molecule has 3 nitrogen and oxygen atoms in total. The fourth-order valence-corrected chi connectivity index (χ4v) is 3.79. The number of rotatable bonds is 5. The molecule has 1 aromatic rings. The Hall–Kier alpha value is -1.29. The summed E-state index contributed by atoms with van der Waals surface area (Å²) in [6.07, 6.45) is 0. The lowest BCUT2D eigenvalue weighted by atomic mass is 10.1. The summed E-state index contributed by atoms with van der Waals surface area (Å²) >= 11 is 0. The number of carbonyl (C=O) groups is 1. The Kier molecular flexibility index (Phi) is 5.17. The standard InChI is InChI=1S/C15H25NO2Si/c1-7-16(8-2)15(17)14-12(18-3)10-9-11-13(14)19(4,5)6/h9-11H,7-8H2,1-6H3. The average Bonchev–Trinajstić information content (AvgIpc) is 2.38. The molecule has 0 aromatic heterocycles. The number of hydrogen-bond donors (Lipinski definition) is 0. The van der Waals surface area contributed by atoms with E-state index in [1.807, 2.05) is 30.9 Å². The number of nitrogens with zero attached hydrogens (tertiary/aromatic N) is 1. The van der Waals surface area contributed by atoms with Crippen LogP contribution in [0.2, 0.25) is 19.6 Å². The van der Waals surface area contributed by atoms with Gasteiger partial charge in [0.2, 0.25) is 0 Å². The summed E-state index contributed by atoms with van der Waals surface area (Å²) in [5.41, 5.74) is 0.757. The first-order valence-corrected chi connectivity index (χ1v) is 10.3. The predicted molar refractivity (Wildman–Crippen MR) is 83.2 cm³/mol. The van der Waals surface area contributed by atoms with Crippen molar-refractivity contribution in [3.05, 3.63) is 23.8 Å². The first-order chi connectivity index (χ1) is 8.86. The fraction of sp³-hybridized carbons (Fsp3) is 0.533. The largest absolute Gasteiger partial charge is 0.496 e. The van der Waals surface area contributed by atoms with Gasteiger partial charge in [-0.25, -0.2) is 0 Å². The van der Waals surface area contributed by atoms with Gasteiger partial charge in [-0.05, 0) is 25.1 Å². The molecule has 0 aliphatic heterocycles. The van der Waals surface area contributed by atoms with Crippen LogP contribution in [0, 0.1) is 0 Å². The Balaban J connectivity index is 3.42. The molecule has 1 rings (SSSR count). The SMILES string of the molecule is CCN(CC)C(=O)c1c(OC)cccc1[Si](C)(C)C. The van der Waals surface area contributed by atoms with Crippen molar-refractivity contribution in [1.29, 1.82) is 0 Å². The van der Waals surface area contributed by atoms with Crippen molar-refractivity contribution in [2.24, 2.45) is 0 Å². The summed E-state index contributed by atoms with van der Waals surface area (Å²) < 4.78 is 5.42. The number of hydrogen-bond acceptors (Lipinski definition) is 2. The zero-order chi connectivity index (χ0) is 14.6. The van der Waals surface area contributed by atoms with Gasteiger partial charge < -0.3 is 9.64 Å². The smallest absolute Gasteiger partial charge is 0.257 e. The molecule has 0 unspecified atom stereocenters. The summed E-state index contributed by atoms with van der Waals surface area (Å²) in [5, 5.41) is 1.17. The second-order valence-electron chi connectivity index (χ2n) is 5.61. The highest BCUT2D eigenvalue weighted by molar-refractivity contribution is 6.89. The van der Waals surface area contributed by atoms with Gasteiger partial charge in [-0.1, -0.05) is 31.8 Å². The van der Waals surface area contributed by atoms with Crippen LogP contribution in [0.25, 0.3) is 0 Å². The second-order valence-corrected chi connectivity index (χ2v) is 10.6. The maximum Gasteiger partial charge on any atom is 0.257 e. The number of ether oxygens (including phenoxy) is 1. The van der Waals surface area contributed by atoms with Gasteiger partial charge >= 0.3 is 0 Å². The van der Waals surface area contributed by atoms with E-state index >= 15 is 0 Å². The number of carbonyl (C=O) groups excluding carboxylic acids is 1. The number of amides is 1. The molecule has 1 amide bonds. The molecule has 0 aliphatic carbocycles. The van der Waals surface area contributed by atoms with E-state index in [0.29, 0.717) is 5.75 Å². The van der Waals surface area contributed by atoms with E-state index in [-0.39, 0.29) is 5.91 Å². The van der Waals surface area contributed by atoms with E-state index in [4.69, 9.17) is 4.74 Å². The average molecular weight is 279 g/mol. The van der Waals surface area contributed by atoms with E-state index in [0.717, 1.165) is 18.7 Å². The van der Waals surface area contributed by atoms with Crippen LogP contribution in [-0.2, 0) is 0 Å². The molecule has 0 saturated heterocycles. The lowest BCUT2D eigenvalue weighted by Gasteiger charge is -2.26. The number of methoxy groups -OCH3 is 1. The lowest BCUT2D eigenvalue weighted by Crippen LogP contribution is -2.44. The molecule has 0 spiro atoms. The minimum absolute atomic E-state index is 0.0832. The molecule has 19 heavy (non-hydrogen) atoms. The van der Waals surface area contributed by atoms with Crippen LogP contribution in [0.3, 0.4) is 0 Å². The molecule has 1 aromatic carbocycles. The summed E-state index contributed by atoms with van der Waals surface area (Å²) in [6, 6.07) is 5.93. The zero-order valence-corrected chi connectivity index (χ0v) is 13.9. The van der Waals surface area contributed by atoms with E-state index in [2.05, 4.69) is 25.7 Å². The molecular weight excluding hydrogens is 254 g/mol. The molecule has 0 saturated carbocycles. The molecule has 106 valence electrons. The van der Waals surface area contributed by atoms with Crippen molar-refractivity contribution in [3.63, 3.8) is 0 Å². The molecule has 0 radical (unpaired) electrons. The molecule has 4 heteroatoms. The van der Waals surface area contributed by atoms with Crippen molar-refractivity contribution < 1.29 is 9.53 Å². The van der Waals surface area contributed by atoms with Crippen LogP contribution in [0.5, 0.6) is 5.75 Å². The van der Waals surface area contributed by atoms with Crippen LogP contribution < -0.4 is 9.92 Å². The second kappa shape index (κ2) is 6.24. The number of benzene rings is 1. The Labute approximate surface area is 117 Å². The minimum atomic E-state index is -1.59. The molecule has 0 fully saturated rings. The summed E-state index contributed by atoms with van der Waals surface area (Å²) in [5.74, 6) is 0.775. The highest BCUT2D eigenvalue weighted by Gasteiger charge is 2.28. The van der Waals surface area contributed by atoms with Crippen molar-refractivity contribution in [1.82, 2.24) is 4.90 Å². The minimum Gasteiger partial charge on any atom is -0.496 e. The third-order valence-corrected chi connectivity index (χ3v) is 5.35. The molecule has 0 N–H and O–H groups in total. The molecular formula is C15H25NO2Si. The van der Waals surface area contributed by atoms with Crippen molar-refractivity contribution in [3.8, 4) is 5.75 Å².